The van der Waals surface area contributed by atoms with Crippen LogP contribution >= 0.6 is 0 Å². The van der Waals surface area contributed by atoms with Gasteiger partial charge in [-0.2, -0.15) is 0 Å². The zero-order chi connectivity index (χ0) is 47.6. The highest BCUT2D eigenvalue weighted by atomic mass is 15.1. The van der Waals surface area contributed by atoms with Crippen LogP contribution in [0.2, 0.25) is 0 Å². The summed E-state index contributed by atoms with van der Waals surface area (Å²) in [5.41, 5.74) is 25.5. The summed E-state index contributed by atoms with van der Waals surface area (Å²) in [6.45, 7) is 4.83. The molecule has 1 heteroatoms. The number of hydrogen-bond donors (Lipinski definition) is 0. The van der Waals surface area contributed by atoms with Gasteiger partial charge in [-0.05, 0) is 188 Å². The van der Waals surface area contributed by atoms with E-state index < -0.39 is 5.41 Å². The highest BCUT2D eigenvalue weighted by Gasteiger charge is 2.46. The Hall–Kier alpha value is -8.00. The number of benzene rings is 9. The summed E-state index contributed by atoms with van der Waals surface area (Å²) in [6, 6.07) is 87.8. The van der Waals surface area contributed by atoms with Crippen LogP contribution in [0.3, 0.4) is 0 Å². The Bertz CT molecular complexity index is 3360. The first-order chi connectivity index (χ1) is 35.1. The van der Waals surface area contributed by atoms with Gasteiger partial charge in [0.05, 0.1) is 5.41 Å². The molecule has 0 unspecified atom stereocenters. The molecule has 9 aromatic rings. The van der Waals surface area contributed by atoms with Gasteiger partial charge in [0, 0.05) is 17.1 Å². The predicted octanol–water partition coefficient (Wildman–Crippen LogP) is 19.2. The molecule has 344 valence electrons. The summed E-state index contributed by atoms with van der Waals surface area (Å²) >= 11 is 0. The quantitative estimate of drug-likeness (QED) is 0.139. The predicted molar refractivity (Wildman–Crippen MR) is 300 cm³/mol. The molecule has 0 aliphatic heterocycles. The smallest absolute Gasteiger partial charge is 0.0713 e. The van der Waals surface area contributed by atoms with Crippen molar-refractivity contribution in [2.75, 3.05) is 4.90 Å². The molecule has 0 bridgehead atoms. The maximum atomic E-state index is 4.83. The number of fused-ring (bicyclic) bond motifs is 4. The van der Waals surface area contributed by atoms with Gasteiger partial charge in [0.2, 0.25) is 0 Å². The van der Waals surface area contributed by atoms with Crippen molar-refractivity contribution in [2.45, 2.75) is 63.2 Å². The minimum absolute atomic E-state index is 0.448. The average Bonchev–Trinajstić information content (AvgIpc) is 3.74. The van der Waals surface area contributed by atoms with E-state index in [1.54, 1.807) is 11.1 Å². The molecule has 0 saturated heterocycles. The van der Waals surface area contributed by atoms with E-state index in [0.29, 0.717) is 0 Å². The Morgan fingerprint density at radius 1 is 0.310 bits per heavy atom. The minimum atomic E-state index is -0.448. The summed E-state index contributed by atoms with van der Waals surface area (Å²) < 4.78 is 0. The second-order valence-corrected chi connectivity index (χ2v) is 19.7. The topological polar surface area (TPSA) is 3.24 Å². The fourth-order valence-corrected chi connectivity index (χ4v) is 12.2. The number of rotatable bonds is 9. The van der Waals surface area contributed by atoms with Gasteiger partial charge in [0.1, 0.15) is 0 Å². The largest absolute Gasteiger partial charge is 0.311 e. The minimum Gasteiger partial charge on any atom is -0.311 e. The van der Waals surface area contributed by atoms with Crippen LogP contribution in [0.1, 0.15) is 91.2 Å². The van der Waals surface area contributed by atoms with Gasteiger partial charge < -0.3 is 4.90 Å². The number of nitrogens with zero attached hydrogens (tertiary/aromatic N) is 1. The third-order valence-electron chi connectivity index (χ3n) is 15.6. The van der Waals surface area contributed by atoms with Gasteiger partial charge in [-0.15, -0.1) is 0 Å². The van der Waals surface area contributed by atoms with E-state index in [1.807, 2.05) is 0 Å². The van der Waals surface area contributed by atoms with Crippen LogP contribution in [0.15, 0.2) is 260 Å². The lowest BCUT2D eigenvalue weighted by Crippen LogP contribution is -2.28. The van der Waals surface area contributed by atoms with Crippen LogP contribution in [0.4, 0.5) is 17.1 Å². The summed E-state index contributed by atoms with van der Waals surface area (Å²) in [6.07, 6.45) is 10.5. The zero-order valence-corrected chi connectivity index (χ0v) is 40.5. The van der Waals surface area contributed by atoms with Gasteiger partial charge in [0.25, 0.3) is 0 Å². The fourth-order valence-electron chi connectivity index (χ4n) is 12.2. The second kappa shape index (κ2) is 19.4. The Kier molecular flexibility index (Phi) is 12.1. The summed E-state index contributed by atoms with van der Waals surface area (Å²) in [7, 11) is 0. The van der Waals surface area contributed by atoms with E-state index >= 15 is 0 Å². The third-order valence-corrected chi connectivity index (χ3v) is 15.6. The molecule has 0 radical (unpaired) electrons. The highest BCUT2D eigenvalue weighted by Crippen LogP contribution is 2.57. The van der Waals surface area contributed by atoms with Gasteiger partial charge in [-0.3, -0.25) is 0 Å². The lowest BCUT2D eigenvalue weighted by Gasteiger charge is -2.34. The van der Waals surface area contributed by atoms with Crippen molar-refractivity contribution in [3.8, 4) is 33.4 Å². The van der Waals surface area contributed by atoms with Crippen molar-refractivity contribution < 1.29 is 0 Å². The first kappa shape index (κ1) is 44.2. The van der Waals surface area contributed by atoms with Crippen LogP contribution in [0.25, 0.3) is 44.5 Å². The molecule has 0 amide bonds. The van der Waals surface area contributed by atoms with E-state index in [1.165, 1.54) is 116 Å². The molecular formula is C70H59N. The van der Waals surface area contributed by atoms with Gasteiger partial charge in [-0.1, -0.05) is 207 Å². The molecule has 1 fully saturated rings. The summed E-state index contributed by atoms with van der Waals surface area (Å²) in [5, 5.41) is 0. The van der Waals surface area contributed by atoms with Crippen LogP contribution in [0.5, 0.6) is 0 Å². The molecule has 12 rings (SSSR count). The van der Waals surface area contributed by atoms with E-state index in [2.05, 4.69) is 241 Å². The molecule has 0 heterocycles. The molecule has 1 nitrogen and oxygen atoms in total. The highest BCUT2D eigenvalue weighted by molar-refractivity contribution is 5.91. The van der Waals surface area contributed by atoms with E-state index in [4.69, 9.17) is 6.58 Å². The van der Waals surface area contributed by atoms with Crippen molar-refractivity contribution in [3.05, 3.63) is 293 Å². The zero-order valence-electron chi connectivity index (χ0n) is 40.5. The number of anilines is 3. The van der Waals surface area contributed by atoms with E-state index in [9.17, 15) is 0 Å². The van der Waals surface area contributed by atoms with Crippen molar-refractivity contribution in [2.24, 2.45) is 0 Å². The molecule has 3 aliphatic carbocycles. The number of hydrogen-bond acceptors (Lipinski definition) is 1. The lowest BCUT2D eigenvalue weighted by molar-refractivity contribution is 0.662. The average molecular weight is 914 g/mol. The van der Waals surface area contributed by atoms with Crippen LogP contribution in [-0.4, -0.2) is 0 Å². The SMILES string of the molecule is C=C1CCCCC/C(c2ccccc2)=C2/CCCC/C2=C/1c1ccc(N(c2ccc(-c3ccccc3)cc2)c2ccc(-c3ccc4c(c3)C(c3ccccc3)(c3ccccc3)c3ccccc3-4)cc2)cc1. The molecule has 3 aliphatic rings. The maximum absolute atomic E-state index is 4.83. The van der Waals surface area contributed by atoms with Crippen molar-refractivity contribution in [3.63, 3.8) is 0 Å². The Morgan fingerprint density at radius 2 is 0.732 bits per heavy atom. The Balaban J connectivity index is 0.953. The van der Waals surface area contributed by atoms with Crippen LogP contribution in [0, 0.1) is 0 Å². The molecule has 0 atom stereocenters. The fraction of sp³-hybridized carbons (Fsp3) is 0.143. The van der Waals surface area contributed by atoms with Crippen molar-refractivity contribution in [1.29, 1.82) is 0 Å². The first-order valence-corrected chi connectivity index (χ1v) is 25.9. The Morgan fingerprint density at radius 3 is 1.34 bits per heavy atom. The van der Waals surface area contributed by atoms with Crippen LogP contribution in [-0.2, 0) is 5.41 Å². The summed E-state index contributed by atoms with van der Waals surface area (Å²) in [4.78, 5) is 2.41. The third kappa shape index (κ3) is 8.20. The first-order valence-electron chi connectivity index (χ1n) is 25.9. The molecule has 0 aromatic heterocycles. The molecule has 0 N–H and O–H groups in total. The summed E-state index contributed by atoms with van der Waals surface area (Å²) in [5.74, 6) is 0. The molecule has 1 saturated carbocycles. The van der Waals surface area contributed by atoms with E-state index in [0.717, 1.165) is 42.7 Å². The maximum Gasteiger partial charge on any atom is 0.0713 e. The van der Waals surface area contributed by atoms with Gasteiger partial charge >= 0.3 is 0 Å². The Labute approximate surface area is 420 Å². The van der Waals surface area contributed by atoms with Crippen molar-refractivity contribution in [1.82, 2.24) is 0 Å². The number of allylic oxidation sites excluding steroid dienone is 5. The molecule has 9 aromatic carbocycles. The molecule has 0 spiro atoms. The van der Waals surface area contributed by atoms with E-state index in [-0.39, 0.29) is 0 Å². The van der Waals surface area contributed by atoms with Crippen molar-refractivity contribution >= 4 is 28.2 Å². The van der Waals surface area contributed by atoms with Gasteiger partial charge in [-0.25, -0.2) is 0 Å². The van der Waals surface area contributed by atoms with Gasteiger partial charge in [0.15, 0.2) is 0 Å². The normalized spacial score (nSPS) is 17.4. The lowest BCUT2D eigenvalue weighted by atomic mass is 9.67. The second-order valence-electron chi connectivity index (χ2n) is 19.7. The van der Waals surface area contributed by atoms with Crippen LogP contribution < -0.4 is 4.90 Å². The molecular weight excluding hydrogens is 855 g/mol. The standard InChI is InChI=1S/C70H59N/c1-50-21-7-2-16-30-62(54-24-10-4-11-25-54)63-31-17-18-33-66(63)69(50)55-39-46-61(47-40-55)71(59-42-35-52(36-43-59)51-22-8-3-9-23-51)60-44-37-53(38-45-60)56-41-48-65-64-32-19-20-34-67(64)70(68(65)49-56,57-26-12-5-13-27-57)58-28-14-6-15-29-58/h3-6,8-15,19-20,22-29,32,34-49H,1-2,7,16-18,21,30-31,33H2/b63-62+,69-66+. The monoisotopic (exact) mass is 913 g/mol. The molecule has 71 heavy (non-hydrogen) atoms.